The van der Waals surface area contributed by atoms with Crippen molar-refractivity contribution in [3.05, 3.63) is 63.2 Å². The highest BCUT2D eigenvalue weighted by molar-refractivity contribution is 14.1. The van der Waals surface area contributed by atoms with Gasteiger partial charge in [0.1, 0.15) is 18.4 Å². The zero-order valence-electron chi connectivity index (χ0n) is 13.6. The monoisotopic (exact) mass is 455 g/mol. The first-order valence-electron chi connectivity index (χ1n) is 7.52. The highest BCUT2D eigenvalue weighted by Gasteiger charge is 2.23. The normalized spacial score (nSPS) is 11.4. The molecule has 0 aliphatic heterocycles. The molecule has 1 atom stereocenters. The molecule has 0 radical (unpaired) electrons. The average molecular weight is 455 g/mol. The number of esters is 1. The molecule has 0 spiro atoms. The van der Waals surface area contributed by atoms with Crippen LogP contribution in [0.25, 0.3) is 0 Å². The van der Waals surface area contributed by atoms with Gasteiger partial charge in [0.25, 0.3) is 0 Å². The number of benzene rings is 2. The maximum Gasteiger partial charge on any atom is 0.408 e. The van der Waals surface area contributed by atoms with Gasteiger partial charge in [0.2, 0.25) is 0 Å². The molecule has 2 aromatic carbocycles. The molecule has 2 N–H and O–H groups in total. The molecule has 132 valence electrons. The number of aromatic hydroxyl groups is 1. The predicted octanol–water partition coefficient (Wildman–Crippen LogP) is 3.01. The van der Waals surface area contributed by atoms with Gasteiger partial charge in [0.05, 0.1) is 10.7 Å². The number of nitrogens with one attached hydrogen (secondary N) is 1. The van der Waals surface area contributed by atoms with Crippen LogP contribution in [0.5, 0.6) is 5.75 Å². The predicted molar refractivity (Wildman–Crippen MR) is 100 cm³/mol. The molecular formula is C18H18INO5. The fourth-order valence-corrected chi connectivity index (χ4v) is 2.74. The first-order valence-corrected chi connectivity index (χ1v) is 8.60. The van der Waals surface area contributed by atoms with Crippen molar-refractivity contribution in [2.45, 2.75) is 19.1 Å². The van der Waals surface area contributed by atoms with Crippen LogP contribution >= 0.6 is 22.6 Å². The van der Waals surface area contributed by atoms with Gasteiger partial charge in [-0.1, -0.05) is 36.4 Å². The van der Waals surface area contributed by atoms with Crippen LogP contribution in [0.1, 0.15) is 11.1 Å². The highest BCUT2D eigenvalue weighted by Crippen LogP contribution is 2.21. The molecule has 2 rings (SSSR count). The third-order valence-corrected chi connectivity index (χ3v) is 4.31. The summed E-state index contributed by atoms with van der Waals surface area (Å²) < 4.78 is 10.5. The Labute approximate surface area is 159 Å². The van der Waals surface area contributed by atoms with E-state index in [2.05, 4.69) is 5.32 Å². The van der Waals surface area contributed by atoms with Crippen LogP contribution in [-0.4, -0.2) is 30.3 Å². The van der Waals surface area contributed by atoms with Crippen molar-refractivity contribution in [2.75, 3.05) is 7.11 Å². The molecule has 0 heterocycles. The summed E-state index contributed by atoms with van der Waals surface area (Å²) in [7, 11) is 1.26. The lowest BCUT2D eigenvalue weighted by molar-refractivity contribution is -0.143. The lowest BCUT2D eigenvalue weighted by Gasteiger charge is -2.17. The van der Waals surface area contributed by atoms with Gasteiger partial charge in [-0.05, 0) is 45.9 Å². The summed E-state index contributed by atoms with van der Waals surface area (Å²) in [6.45, 7) is 0.109. The lowest BCUT2D eigenvalue weighted by atomic mass is 10.1. The van der Waals surface area contributed by atoms with E-state index in [-0.39, 0.29) is 18.8 Å². The SMILES string of the molecule is COC(=O)C(Cc1ccc(O)c(I)c1)NC(=O)OCc1ccccc1. The number of carbonyl (C=O) groups excluding carboxylic acids is 2. The zero-order valence-corrected chi connectivity index (χ0v) is 15.7. The van der Waals surface area contributed by atoms with Crippen molar-refractivity contribution in [3.8, 4) is 5.75 Å². The Morgan fingerprint density at radius 2 is 1.88 bits per heavy atom. The molecule has 1 amide bonds. The summed E-state index contributed by atoms with van der Waals surface area (Å²) in [5, 5.41) is 12.1. The van der Waals surface area contributed by atoms with Crippen molar-refractivity contribution >= 4 is 34.7 Å². The van der Waals surface area contributed by atoms with E-state index < -0.39 is 18.1 Å². The van der Waals surface area contributed by atoms with E-state index in [0.29, 0.717) is 3.57 Å². The number of methoxy groups -OCH3 is 1. The Hall–Kier alpha value is -2.29. The van der Waals surface area contributed by atoms with Gasteiger partial charge in [-0.25, -0.2) is 9.59 Å². The van der Waals surface area contributed by atoms with Crippen molar-refractivity contribution in [3.63, 3.8) is 0 Å². The number of phenolic OH excluding ortho intramolecular Hbond substituents is 1. The maximum atomic E-state index is 12.0. The minimum Gasteiger partial charge on any atom is -0.507 e. The summed E-state index contributed by atoms with van der Waals surface area (Å²) in [5.41, 5.74) is 1.63. The minimum absolute atomic E-state index is 0.109. The summed E-state index contributed by atoms with van der Waals surface area (Å²) >= 11 is 1.99. The number of hydrogen-bond acceptors (Lipinski definition) is 5. The molecule has 0 saturated carbocycles. The van der Waals surface area contributed by atoms with Crippen molar-refractivity contribution in [1.29, 1.82) is 0 Å². The molecule has 7 heteroatoms. The third kappa shape index (κ3) is 5.93. The lowest BCUT2D eigenvalue weighted by Crippen LogP contribution is -2.43. The summed E-state index contributed by atoms with van der Waals surface area (Å²) in [5.74, 6) is -0.408. The largest absolute Gasteiger partial charge is 0.507 e. The number of amides is 1. The Morgan fingerprint density at radius 3 is 2.52 bits per heavy atom. The number of halogens is 1. The van der Waals surface area contributed by atoms with E-state index >= 15 is 0 Å². The second-order valence-corrected chi connectivity index (χ2v) is 6.43. The fraction of sp³-hybridized carbons (Fsp3) is 0.222. The standard InChI is InChI=1S/C18H18INO5/c1-24-17(22)15(10-13-7-8-16(21)14(19)9-13)20-18(23)25-11-12-5-3-2-4-6-12/h2-9,15,21H,10-11H2,1H3,(H,20,23). The second-order valence-electron chi connectivity index (χ2n) is 5.27. The Morgan fingerprint density at radius 1 is 1.16 bits per heavy atom. The van der Waals surface area contributed by atoms with Crippen LogP contribution in [-0.2, 0) is 27.3 Å². The number of alkyl carbamates (subject to hydrolysis) is 1. The van der Waals surface area contributed by atoms with E-state index in [9.17, 15) is 14.7 Å². The van der Waals surface area contributed by atoms with Gasteiger partial charge in [-0.2, -0.15) is 0 Å². The quantitative estimate of drug-likeness (QED) is 0.517. The Balaban J connectivity index is 1.98. The van der Waals surface area contributed by atoms with Gasteiger partial charge < -0.3 is 19.9 Å². The number of ether oxygens (including phenoxy) is 2. The van der Waals surface area contributed by atoms with E-state index in [1.54, 1.807) is 18.2 Å². The maximum absolute atomic E-state index is 12.0. The molecule has 0 fully saturated rings. The van der Waals surface area contributed by atoms with E-state index in [0.717, 1.165) is 11.1 Å². The van der Waals surface area contributed by atoms with Crippen LogP contribution in [0, 0.1) is 3.57 Å². The van der Waals surface area contributed by atoms with Crippen LogP contribution in [0.2, 0.25) is 0 Å². The number of phenols is 1. The van der Waals surface area contributed by atoms with Crippen LogP contribution < -0.4 is 5.32 Å². The van der Waals surface area contributed by atoms with Crippen molar-refractivity contribution in [1.82, 2.24) is 5.32 Å². The average Bonchev–Trinajstić information content (AvgIpc) is 2.62. The molecule has 0 bridgehead atoms. The minimum atomic E-state index is -0.881. The third-order valence-electron chi connectivity index (χ3n) is 3.44. The Kier molecular flexibility index (Phi) is 7.05. The van der Waals surface area contributed by atoms with Gasteiger partial charge >= 0.3 is 12.1 Å². The Bertz CT molecular complexity index is 736. The summed E-state index contributed by atoms with van der Waals surface area (Å²) in [4.78, 5) is 23.9. The van der Waals surface area contributed by atoms with Gasteiger partial charge in [0, 0.05) is 6.42 Å². The van der Waals surface area contributed by atoms with Gasteiger partial charge in [0.15, 0.2) is 0 Å². The molecule has 0 aliphatic carbocycles. The summed E-state index contributed by atoms with van der Waals surface area (Å²) in [6.07, 6.45) is -0.476. The molecule has 25 heavy (non-hydrogen) atoms. The summed E-state index contributed by atoms with van der Waals surface area (Å²) in [6, 6.07) is 13.3. The number of rotatable bonds is 6. The zero-order chi connectivity index (χ0) is 18.2. The highest BCUT2D eigenvalue weighted by atomic mass is 127. The number of hydrogen-bond donors (Lipinski definition) is 2. The first kappa shape index (κ1) is 19.0. The smallest absolute Gasteiger partial charge is 0.408 e. The molecule has 0 saturated heterocycles. The second kappa shape index (κ2) is 9.26. The van der Waals surface area contributed by atoms with Gasteiger partial charge in [-0.3, -0.25) is 0 Å². The topological polar surface area (TPSA) is 84.9 Å². The van der Waals surface area contributed by atoms with Gasteiger partial charge in [-0.15, -0.1) is 0 Å². The fourth-order valence-electron chi connectivity index (χ4n) is 2.16. The molecule has 2 aromatic rings. The van der Waals surface area contributed by atoms with Crippen LogP contribution in [0.15, 0.2) is 48.5 Å². The van der Waals surface area contributed by atoms with E-state index in [4.69, 9.17) is 9.47 Å². The van der Waals surface area contributed by atoms with E-state index in [1.807, 2.05) is 52.9 Å². The van der Waals surface area contributed by atoms with Crippen molar-refractivity contribution < 1.29 is 24.2 Å². The molecule has 0 aliphatic rings. The van der Waals surface area contributed by atoms with Crippen molar-refractivity contribution in [2.24, 2.45) is 0 Å². The first-order chi connectivity index (χ1) is 12.0. The van der Waals surface area contributed by atoms with E-state index in [1.165, 1.54) is 7.11 Å². The molecular weight excluding hydrogens is 437 g/mol. The molecule has 1 unspecified atom stereocenters. The van der Waals surface area contributed by atoms with Crippen LogP contribution in [0.4, 0.5) is 4.79 Å². The molecule has 0 aromatic heterocycles. The molecule has 6 nitrogen and oxygen atoms in total. The number of carbonyl (C=O) groups is 2. The van der Waals surface area contributed by atoms with Crippen LogP contribution in [0.3, 0.4) is 0 Å².